The summed E-state index contributed by atoms with van der Waals surface area (Å²) in [6.07, 6.45) is 8.77. The van der Waals surface area contributed by atoms with E-state index in [1.165, 1.54) is 0 Å². The second kappa shape index (κ2) is 12.0. The smallest absolute Gasteiger partial charge is 0.248 e. The molecule has 0 spiro atoms. The van der Waals surface area contributed by atoms with Crippen LogP contribution in [-0.4, -0.2) is 104 Å². The number of aliphatic hydroxyl groups is 1. The lowest BCUT2D eigenvalue weighted by Crippen LogP contribution is -2.46. The highest BCUT2D eigenvalue weighted by Gasteiger charge is 2.27. The van der Waals surface area contributed by atoms with Gasteiger partial charge >= 0.3 is 0 Å². The van der Waals surface area contributed by atoms with E-state index in [0.29, 0.717) is 36.1 Å². The molecule has 0 aromatic carbocycles. The number of carbonyl (C=O) groups excluding carboxylic acids is 1. The summed E-state index contributed by atoms with van der Waals surface area (Å²) in [5, 5.41) is 17.0. The second-order valence-electron chi connectivity index (χ2n) is 11.2. The van der Waals surface area contributed by atoms with Gasteiger partial charge in [0.2, 0.25) is 5.91 Å². The molecule has 4 aromatic heterocycles. The lowest BCUT2D eigenvalue weighted by atomic mass is 10.0. The summed E-state index contributed by atoms with van der Waals surface area (Å²) in [6.45, 7) is 2.11. The summed E-state index contributed by atoms with van der Waals surface area (Å²) >= 11 is 0. The number of hydrogen-bond acceptors (Lipinski definition) is 9. The Labute approximate surface area is 244 Å². The van der Waals surface area contributed by atoms with Crippen LogP contribution in [0.25, 0.3) is 28.2 Å². The fourth-order valence-electron chi connectivity index (χ4n) is 5.93. The van der Waals surface area contributed by atoms with Crippen molar-refractivity contribution >= 4 is 23.1 Å². The molecular formula is C30H36FN9O2. The van der Waals surface area contributed by atoms with E-state index < -0.39 is 12.4 Å². The van der Waals surface area contributed by atoms with Crippen molar-refractivity contribution in [2.24, 2.45) is 0 Å². The fraction of sp³-hybridized carbons (Fsp3) is 0.433. The predicted octanol–water partition coefficient (Wildman–Crippen LogP) is 2.92. The van der Waals surface area contributed by atoms with Gasteiger partial charge in [-0.1, -0.05) is 6.07 Å². The number of aromatic nitrogens is 5. The van der Waals surface area contributed by atoms with Gasteiger partial charge in [-0.25, -0.2) is 23.9 Å². The maximum Gasteiger partial charge on any atom is 0.248 e. The number of pyridine rings is 2. The molecule has 2 aliphatic heterocycles. The third-order valence-electron chi connectivity index (χ3n) is 8.31. The number of rotatable bonds is 7. The topological polar surface area (TPSA) is 115 Å². The first-order valence-electron chi connectivity index (χ1n) is 14.4. The number of anilines is 2. The van der Waals surface area contributed by atoms with Gasteiger partial charge in [0.15, 0.2) is 17.5 Å². The van der Waals surface area contributed by atoms with Gasteiger partial charge < -0.3 is 25.1 Å². The molecule has 1 atom stereocenters. The van der Waals surface area contributed by atoms with Gasteiger partial charge in [0.1, 0.15) is 18.1 Å². The third-order valence-corrected chi connectivity index (χ3v) is 8.31. The summed E-state index contributed by atoms with van der Waals surface area (Å²) in [5.41, 5.74) is 2.26. The highest BCUT2D eigenvalue weighted by atomic mass is 19.1. The van der Waals surface area contributed by atoms with Crippen LogP contribution >= 0.6 is 0 Å². The van der Waals surface area contributed by atoms with E-state index in [1.54, 1.807) is 27.9 Å². The molecule has 11 nitrogen and oxygen atoms in total. The Morgan fingerprint density at radius 2 is 1.98 bits per heavy atom. The standard InChI is InChI=1S/C30H36FN9O2/c1-37(2)22-9-14-38(15-10-22)25-16-20(8-11-32-25)28-27(31)30(34-21-6-5-12-39(18-21)26(42)19-41)36-29(35-28)23-17-33-40-13-4-3-7-24(23)40/h3-4,7-8,11,13,16-17,21-22,41H,5-6,9-10,12,14-15,18-19H2,1-2H3,(H,34,35,36)/t21-/m1/s1. The molecule has 0 saturated carbocycles. The molecule has 0 unspecified atom stereocenters. The van der Waals surface area contributed by atoms with Crippen LogP contribution in [0.3, 0.4) is 0 Å². The third kappa shape index (κ3) is 5.64. The minimum Gasteiger partial charge on any atom is -0.387 e. The van der Waals surface area contributed by atoms with E-state index >= 15 is 4.39 Å². The molecule has 2 N–H and O–H groups in total. The van der Waals surface area contributed by atoms with Crippen molar-refractivity contribution < 1.29 is 14.3 Å². The van der Waals surface area contributed by atoms with E-state index in [1.807, 2.05) is 30.5 Å². The molecule has 6 heterocycles. The summed E-state index contributed by atoms with van der Waals surface area (Å²) in [5.74, 6) is 0.305. The van der Waals surface area contributed by atoms with Gasteiger partial charge in [0, 0.05) is 56.2 Å². The van der Waals surface area contributed by atoms with Crippen LogP contribution in [0.2, 0.25) is 0 Å². The Morgan fingerprint density at radius 3 is 2.76 bits per heavy atom. The van der Waals surface area contributed by atoms with Crippen LogP contribution in [-0.2, 0) is 4.79 Å². The molecule has 2 fully saturated rings. The summed E-state index contributed by atoms with van der Waals surface area (Å²) in [6, 6.07) is 9.69. The number of amides is 1. The average Bonchev–Trinajstić information content (AvgIpc) is 3.46. The highest BCUT2D eigenvalue weighted by molar-refractivity contribution is 5.79. The number of aliphatic hydroxyl groups excluding tert-OH is 1. The number of hydrogen-bond donors (Lipinski definition) is 2. The molecule has 2 saturated heterocycles. The minimum atomic E-state index is -0.565. The summed E-state index contributed by atoms with van der Waals surface area (Å²) < 4.78 is 18.0. The van der Waals surface area contributed by atoms with Gasteiger partial charge in [0.25, 0.3) is 0 Å². The Bertz CT molecular complexity index is 1570. The SMILES string of the molecule is CN(C)C1CCN(c2cc(-c3nc(-c4cnn5ccccc45)nc(N[C@@H]4CCCN(C(=O)CO)C4)c3F)ccn2)CC1. The van der Waals surface area contributed by atoms with Crippen LogP contribution in [0, 0.1) is 5.82 Å². The zero-order chi connectivity index (χ0) is 29.2. The van der Waals surface area contributed by atoms with Crippen LogP contribution in [0.4, 0.5) is 16.0 Å². The molecule has 2 aliphatic rings. The summed E-state index contributed by atoms with van der Waals surface area (Å²) in [4.78, 5) is 32.2. The first-order valence-corrected chi connectivity index (χ1v) is 14.4. The quantitative estimate of drug-likeness (QED) is 0.344. The Balaban J connectivity index is 1.37. The van der Waals surface area contributed by atoms with Gasteiger partial charge in [-0.3, -0.25) is 4.79 Å². The number of nitrogens with one attached hydrogen (secondary N) is 1. The van der Waals surface area contributed by atoms with Gasteiger partial charge in [-0.05, 0) is 64.0 Å². The van der Waals surface area contributed by atoms with Crippen molar-refractivity contribution in [2.75, 3.05) is 57.1 Å². The van der Waals surface area contributed by atoms with E-state index in [0.717, 1.165) is 50.1 Å². The van der Waals surface area contributed by atoms with Crippen molar-refractivity contribution in [1.82, 2.24) is 34.4 Å². The first kappa shape index (κ1) is 28.0. The summed E-state index contributed by atoms with van der Waals surface area (Å²) in [7, 11) is 4.22. The number of halogens is 1. The molecule has 0 aliphatic carbocycles. The largest absolute Gasteiger partial charge is 0.387 e. The normalized spacial score (nSPS) is 18.2. The van der Waals surface area contributed by atoms with Crippen LogP contribution in [0.15, 0.2) is 48.9 Å². The Morgan fingerprint density at radius 1 is 1.14 bits per heavy atom. The Hall–Kier alpha value is -4.16. The van der Waals surface area contributed by atoms with Crippen molar-refractivity contribution in [1.29, 1.82) is 0 Å². The lowest BCUT2D eigenvalue weighted by molar-refractivity contribution is -0.135. The van der Waals surface area contributed by atoms with E-state index in [9.17, 15) is 9.90 Å². The monoisotopic (exact) mass is 573 g/mol. The van der Waals surface area contributed by atoms with Crippen molar-refractivity contribution in [3.05, 3.63) is 54.7 Å². The molecule has 1 amide bonds. The van der Waals surface area contributed by atoms with Crippen molar-refractivity contribution in [3.8, 4) is 22.6 Å². The van der Waals surface area contributed by atoms with Gasteiger partial charge in [0.05, 0.1) is 17.3 Å². The molecule has 0 bridgehead atoms. The second-order valence-corrected chi connectivity index (χ2v) is 11.2. The molecule has 6 rings (SSSR count). The number of fused-ring (bicyclic) bond motifs is 1. The van der Waals surface area contributed by atoms with E-state index in [4.69, 9.17) is 4.98 Å². The Kier molecular flexibility index (Phi) is 7.98. The fourth-order valence-corrected chi connectivity index (χ4v) is 5.93. The number of nitrogens with zero attached hydrogens (tertiary/aromatic N) is 8. The number of piperidine rings is 2. The van der Waals surface area contributed by atoms with Crippen LogP contribution in [0.1, 0.15) is 25.7 Å². The van der Waals surface area contributed by atoms with Crippen LogP contribution in [0.5, 0.6) is 0 Å². The van der Waals surface area contributed by atoms with Gasteiger partial charge in [-0.15, -0.1) is 0 Å². The van der Waals surface area contributed by atoms with E-state index in [-0.39, 0.29) is 23.5 Å². The molecular weight excluding hydrogens is 537 g/mol. The average molecular weight is 574 g/mol. The molecule has 220 valence electrons. The zero-order valence-electron chi connectivity index (χ0n) is 23.9. The lowest BCUT2D eigenvalue weighted by Gasteiger charge is -2.35. The maximum absolute atomic E-state index is 16.3. The van der Waals surface area contributed by atoms with Crippen LogP contribution < -0.4 is 10.2 Å². The van der Waals surface area contributed by atoms with Crippen molar-refractivity contribution in [3.63, 3.8) is 0 Å². The molecule has 42 heavy (non-hydrogen) atoms. The molecule has 4 aromatic rings. The first-order chi connectivity index (χ1) is 20.4. The van der Waals surface area contributed by atoms with Crippen molar-refractivity contribution in [2.45, 2.75) is 37.8 Å². The van der Waals surface area contributed by atoms with E-state index in [2.05, 4.69) is 44.3 Å². The maximum atomic E-state index is 16.3. The highest BCUT2D eigenvalue weighted by Crippen LogP contribution is 2.32. The van der Waals surface area contributed by atoms with Gasteiger partial charge in [-0.2, -0.15) is 5.10 Å². The number of likely N-dealkylation sites (tertiary alicyclic amines) is 1. The molecule has 12 heteroatoms. The predicted molar refractivity (Wildman–Crippen MR) is 159 cm³/mol. The number of carbonyl (C=O) groups is 1. The minimum absolute atomic E-state index is 0.0683. The zero-order valence-corrected chi connectivity index (χ0v) is 23.9. The molecule has 0 radical (unpaired) electrons.